The number of nitrogens with one attached hydrogen (secondary N) is 3. The van der Waals surface area contributed by atoms with Crippen LogP contribution in [0.3, 0.4) is 0 Å². The van der Waals surface area contributed by atoms with E-state index >= 15 is 0 Å². The number of oxime groups is 1. The number of hydrogen-bond acceptors (Lipinski definition) is 6. The number of rotatable bonds is 3. The summed E-state index contributed by atoms with van der Waals surface area (Å²) < 4.78 is 0. The molecule has 21 heavy (non-hydrogen) atoms. The van der Waals surface area contributed by atoms with Gasteiger partial charge in [-0.2, -0.15) is 5.26 Å². The first kappa shape index (κ1) is 15.6. The van der Waals surface area contributed by atoms with Crippen LogP contribution in [0, 0.1) is 11.3 Å². The molecule has 0 aliphatic carbocycles. The first-order chi connectivity index (χ1) is 10.1. The van der Waals surface area contributed by atoms with Crippen molar-refractivity contribution in [1.29, 1.82) is 5.26 Å². The molecule has 4 amide bonds. The number of nitriles is 1. The van der Waals surface area contributed by atoms with E-state index in [2.05, 4.69) is 15.4 Å². The van der Waals surface area contributed by atoms with Crippen molar-refractivity contribution in [3.63, 3.8) is 0 Å². The maximum Gasteiger partial charge on any atom is 0.340 e. The minimum Gasteiger partial charge on any atom is -0.398 e. The summed E-state index contributed by atoms with van der Waals surface area (Å²) in [4.78, 5) is 38.6. The number of urea groups is 1. The van der Waals surface area contributed by atoms with Crippen molar-refractivity contribution in [2.45, 2.75) is 0 Å². The first-order valence-corrected chi connectivity index (χ1v) is 5.56. The number of amides is 4. The molecule has 0 aromatic heterocycles. The smallest absolute Gasteiger partial charge is 0.340 e. The average molecular weight is 289 g/mol. The van der Waals surface area contributed by atoms with Crippen molar-refractivity contribution in [2.75, 3.05) is 7.11 Å². The lowest BCUT2D eigenvalue weighted by molar-refractivity contribution is -0.113. The van der Waals surface area contributed by atoms with Gasteiger partial charge in [-0.3, -0.25) is 20.3 Å². The lowest BCUT2D eigenvalue weighted by Gasteiger charge is -2.07. The molecule has 1 rings (SSSR count). The molecule has 0 radical (unpaired) electrons. The molecule has 0 aliphatic heterocycles. The second kappa shape index (κ2) is 7.90. The molecule has 9 nitrogen and oxygen atoms in total. The van der Waals surface area contributed by atoms with Crippen LogP contribution in [0.15, 0.2) is 35.5 Å². The fraction of sp³-hybridized carbons (Fsp3) is 0.0833. The molecule has 0 spiro atoms. The fourth-order valence-corrected chi connectivity index (χ4v) is 1.17. The second-order valence-corrected chi connectivity index (χ2v) is 3.46. The van der Waals surface area contributed by atoms with Crippen LogP contribution in [-0.4, -0.2) is 30.7 Å². The molecule has 9 heteroatoms. The third-order valence-electron chi connectivity index (χ3n) is 2.06. The Hall–Kier alpha value is -3.41. The largest absolute Gasteiger partial charge is 0.398 e. The molecule has 0 unspecified atom stereocenters. The van der Waals surface area contributed by atoms with Gasteiger partial charge in [0.15, 0.2) is 0 Å². The zero-order chi connectivity index (χ0) is 15.7. The number of imide groups is 1. The molecular formula is C12H11N5O4. The molecule has 0 bridgehead atoms. The van der Waals surface area contributed by atoms with Gasteiger partial charge < -0.3 is 4.84 Å². The van der Waals surface area contributed by atoms with Gasteiger partial charge >= 0.3 is 6.03 Å². The van der Waals surface area contributed by atoms with E-state index in [0.29, 0.717) is 5.56 Å². The number of hydrazine groups is 1. The Kier molecular flexibility index (Phi) is 5.89. The van der Waals surface area contributed by atoms with Gasteiger partial charge in [0.1, 0.15) is 13.2 Å². The van der Waals surface area contributed by atoms with Crippen LogP contribution < -0.4 is 16.2 Å². The molecule has 108 valence electrons. The van der Waals surface area contributed by atoms with Gasteiger partial charge in [0.2, 0.25) is 5.71 Å². The van der Waals surface area contributed by atoms with Crippen molar-refractivity contribution >= 4 is 23.6 Å². The van der Waals surface area contributed by atoms with Gasteiger partial charge in [-0.25, -0.2) is 10.2 Å². The zero-order valence-electron chi connectivity index (χ0n) is 10.9. The predicted octanol–water partition coefficient (Wildman–Crippen LogP) is -0.317. The van der Waals surface area contributed by atoms with E-state index in [1.165, 1.54) is 6.07 Å². The van der Waals surface area contributed by atoms with Gasteiger partial charge in [-0.15, -0.1) is 0 Å². The Bertz CT molecular complexity index is 606. The van der Waals surface area contributed by atoms with E-state index in [9.17, 15) is 14.4 Å². The van der Waals surface area contributed by atoms with E-state index in [1.807, 2.05) is 5.43 Å². The van der Waals surface area contributed by atoms with Crippen LogP contribution in [0.5, 0.6) is 0 Å². The maximum absolute atomic E-state index is 11.6. The van der Waals surface area contributed by atoms with E-state index < -0.39 is 23.6 Å². The van der Waals surface area contributed by atoms with Crippen molar-refractivity contribution in [2.24, 2.45) is 5.16 Å². The van der Waals surface area contributed by atoms with Crippen LogP contribution in [0.1, 0.15) is 10.4 Å². The summed E-state index contributed by atoms with van der Waals surface area (Å²) in [5.41, 5.74) is 3.73. The van der Waals surface area contributed by atoms with Crippen LogP contribution in [0.2, 0.25) is 0 Å². The molecule has 1 aromatic carbocycles. The number of nitrogens with zero attached hydrogens (tertiary/aromatic N) is 2. The van der Waals surface area contributed by atoms with Gasteiger partial charge in [0.25, 0.3) is 11.8 Å². The predicted molar refractivity (Wildman–Crippen MR) is 70.6 cm³/mol. The van der Waals surface area contributed by atoms with Gasteiger partial charge in [-0.05, 0) is 12.1 Å². The summed E-state index contributed by atoms with van der Waals surface area (Å²) in [6.07, 6.45) is 0. The van der Waals surface area contributed by atoms with Gasteiger partial charge in [0.05, 0.1) is 0 Å². The maximum atomic E-state index is 11.6. The van der Waals surface area contributed by atoms with Crippen molar-refractivity contribution < 1.29 is 19.2 Å². The third kappa shape index (κ3) is 4.99. The lowest BCUT2D eigenvalue weighted by Crippen LogP contribution is -2.50. The van der Waals surface area contributed by atoms with E-state index in [1.54, 1.807) is 35.6 Å². The monoisotopic (exact) mass is 289 g/mol. The number of carbonyl (C=O) groups is 3. The summed E-state index contributed by atoms with van der Waals surface area (Å²) >= 11 is 0. The average Bonchev–Trinajstić information content (AvgIpc) is 2.50. The standard InChI is InChI=1S/C12H11N5O4/c1-21-17-9(7-13)11(19)14-12(20)16-15-10(18)8-5-3-2-4-6-8/h2-6H,1H3,(H,15,18)(H2,14,16,19,20)/b17-9+. The Morgan fingerprint density at radius 1 is 1.19 bits per heavy atom. The highest BCUT2D eigenvalue weighted by atomic mass is 16.6. The van der Waals surface area contributed by atoms with Crippen molar-refractivity contribution in [1.82, 2.24) is 16.2 Å². The minimum absolute atomic E-state index is 0.322. The number of hydrogen-bond donors (Lipinski definition) is 3. The van der Waals surface area contributed by atoms with Crippen LogP contribution in [-0.2, 0) is 9.63 Å². The van der Waals surface area contributed by atoms with Crippen molar-refractivity contribution in [3.8, 4) is 6.07 Å². The second-order valence-electron chi connectivity index (χ2n) is 3.46. The third-order valence-corrected chi connectivity index (χ3v) is 2.06. The SMILES string of the molecule is CO/N=C(\C#N)C(=O)NC(=O)NNC(=O)c1ccccc1. The summed E-state index contributed by atoms with van der Waals surface area (Å²) in [6.45, 7) is 0. The highest BCUT2D eigenvalue weighted by Gasteiger charge is 2.15. The summed E-state index contributed by atoms with van der Waals surface area (Å²) in [6, 6.07) is 8.54. The Labute approximate surface area is 119 Å². The number of benzene rings is 1. The Morgan fingerprint density at radius 2 is 1.86 bits per heavy atom. The topological polar surface area (TPSA) is 133 Å². The van der Waals surface area contributed by atoms with Crippen LogP contribution in [0.4, 0.5) is 4.79 Å². The highest BCUT2D eigenvalue weighted by molar-refractivity contribution is 6.46. The Morgan fingerprint density at radius 3 is 2.43 bits per heavy atom. The molecule has 1 aromatic rings. The molecule has 0 fully saturated rings. The quantitative estimate of drug-likeness (QED) is 0.518. The van der Waals surface area contributed by atoms with E-state index in [-0.39, 0.29) is 0 Å². The lowest BCUT2D eigenvalue weighted by atomic mass is 10.2. The summed E-state index contributed by atoms with van der Waals surface area (Å²) in [5.74, 6) is -1.63. The first-order valence-electron chi connectivity index (χ1n) is 5.56. The molecule has 0 saturated carbocycles. The molecule has 3 N–H and O–H groups in total. The molecular weight excluding hydrogens is 278 g/mol. The fourth-order valence-electron chi connectivity index (χ4n) is 1.17. The molecule has 0 heterocycles. The summed E-state index contributed by atoms with van der Waals surface area (Å²) in [5, 5.41) is 13.5. The van der Waals surface area contributed by atoms with Crippen LogP contribution in [0.25, 0.3) is 0 Å². The number of carbonyl (C=O) groups excluding carboxylic acids is 3. The van der Waals surface area contributed by atoms with E-state index in [0.717, 1.165) is 7.11 Å². The van der Waals surface area contributed by atoms with Crippen molar-refractivity contribution in [3.05, 3.63) is 35.9 Å². The molecule has 0 atom stereocenters. The van der Waals surface area contributed by atoms with E-state index in [4.69, 9.17) is 5.26 Å². The van der Waals surface area contributed by atoms with Crippen LogP contribution >= 0.6 is 0 Å². The van der Waals surface area contributed by atoms with Gasteiger partial charge in [-0.1, -0.05) is 23.4 Å². The Balaban J connectivity index is 2.48. The molecule has 0 saturated heterocycles. The normalized spacial score (nSPS) is 10.0. The zero-order valence-corrected chi connectivity index (χ0v) is 10.9. The van der Waals surface area contributed by atoms with Gasteiger partial charge in [0, 0.05) is 5.56 Å². The molecule has 0 aliphatic rings. The summed E-state index contributed by atoms with van der Waals surface area (Å²) in [7, 11) is 1.14. The minimum atomic E-state index is -1.06. The highest BCUT2D eigenvalue weighted by Crippen LogP contribution is 1.96.